The van der Waals surface area contributed by atoms with Crippen molar-refractivity contribution in [2.45, 2.75) is 57.5 Å². The first-order chi connectivity index (χ1) is 19.1. The number of hydrogen-bond donors (Lipinski definition) is 1. The van der Waals surface area contributed by atoms with Gasteiger partial charge in [0.05, 0.1) is 10.6 Å². The SMILES string of the molecule is CCCCNC(=O)[C@H](CC)N(Cc1ccc(C)cc1)C(=O)CN(c1cc(Cl)cc(Cl)c1)S(=O)(=O)c1ccccc1. The van der Waals surface area contributed by atoms with Crippen molar-refractivity contribution < 1.29 is 18.0 Å². The fourth-order valence-corrected chi connectivity index (χ4v) is 6.18. The maximum Gasteiger partial charge on any atom is 0.264 e. The highest BCUT2D eigenvalue weighted by Crippen LogP contribution is 2.30. The van der Waals surface area contributed by atoms with Gasteiger partial charge in [-0.2, -0.15) is 0 Å². The first-order valence-corrected chi connectivity index (χ1v) is 15.4. The van der Waals surface area contributed by atoms with Crippen LogP contribution in [0.25, 0.3) is 0 Å². The summed E-state index contributed by atoms with van der Waals surface area (Å²) >= 11 is 12.5. The lowest BCUT2D eigenvalue weighted by Crippen LogP contribution is -2.52. The van der Waals surface area contributed by atoms with Gasteiger partial charge in [0.15, 0.2) is 0 Å². The molecular formula is C30H35Cl2N3O4S. The summed E-state index contributed by atoms with van der Waals surface area (Å²) in [6.07, 6.45) is 2.08. The monoisotopic (exact) mass is 603 g/mol. The fourth-order valence-electron chi connectivity index (χ4n) is 4.25. The number of carbonyl (C=O) groups excluding carboxylic acids is 2. The maximum absolute atomic E-state index is 14.1. The summed E-state index contributed by atoms with van der Waals surface area (Å²) in [4.78, 5) is 28.7. The topological polar surface area (TPSA) is 86.8 Å². The molecule has 0 saturated heterocycles. The smallest absolute Gasteiger partial charge is 0.264 e. The quantitative estimate of drug-likeness (QED) is 0.235. The van der Waals surface area contributed by atoms with E-state index in [0.29, 0.717) is 13.0 Å². The van der Waals surface area contributed by atoms with Gasteiger partial charge in [0.1, 0.15) is 12.6 Å². The Labute approximate surface area is 247 Å². The predicted molar refractivity (Wildman–Crippen MR) is 161 cm³/mol. The molecule has 214 valence electrons. The van der Waals surface area contributed by atoms with E-state index >= 15 is 0 Å². The average Bonchev–Trinajstić information content (AvgIpc) is 2.92. The molecule has 40 heavy (non-hydrogen) atoms. The Morgan fingerprint density at radius 2 is 1.55 bits per heavy atom. The molecule has 0 spiro atoms. The number of anilines is 1. The Hall–Kier alpha value is -3.07. The number of sulfonamides is 1. The highest BCUT2D eigenvalue weighted by molar-refractivity contribution is 7.92. The summed E-state index contributed by atoms with van der Waals surface area (Å²) in [7, 11) is -4.20. The molecule has 0 aliphatic carbocycles. The molecule has 3 aromatic rings. The van der Waals surface area contributed by atoms with Crippen molar-refractivity contribution in [3.05, 3.63) is 94.0 Å². The molecular weight excluding hydrogens is 569 g/mol. The van der Waals surface area contributed by atoms with Crippen LogP contribution in [0.5, 0.6) is 0 Å². The number of unbranched alkanes of at least 4 members (excludes halogenated alkanes) is 1. The second-order valence-electron chi connectivity index (χ2n) is 9.53. The normalized spacial score (nSPS) is 12.0. The highest BCUT2D eigenvalue weighted by atomic mass is 35.5. The lowest BCUT2D eigenvalue weighted by Gasteiger charge is -2.33. The molecule has 2 amide bonds. The molecule has 0 aliphatic heterocycles. The van der Waals surface area contributed by atoms with Crippen molar-refractivity contribution in [3.63, 3.8) is 0 Å². The van der Waals surface area contributed by atoms with Crippen molar-refractivity contribution in [1.29, 1.82) is 0 Å². The van der Waals surface area contributed by atoms with E-state index in [9.17, 15) is 18.0 Å². The number of aryl methyl sites for hydroxylation is 1. The van der Waals surface area contributed by atoms with Gasteiger partial charge < -0.3 is 10.2 Å². The maximum atomic E-state index is 14.1. The third-order valence-corrected chi connectivity index (χ3v) is 8.66. The second-order valence-corrected chi connectivity index (χ2v) is 12.3. The summed E-state index contributed by atoms with van der Waals surface area (Å²) in [5.74, 6) is -0.812. The van der Waals surface area contributed by atoms with Gasteiger partial charge in [0, 0.05) is 23.1 Å². The van der Waals surface area contributed by atoms with Crippen molar-refractivity contribution in [2.75, 3.05) is 17.4 Å². The first kappa shape index (κ1) is 31.5. The van der Waals surface area contributed by atoms with E-state index in [2.05, 4.69) is 5.32 Å². The minimum atomic E-state index is -4.20. The largest absolute Gasteiger partial charge is 0.354 e. The number of benzene rings is 3. The van der Waals surface area contributed by atoms with Gasteiger partial charge in [-0.3, -0.25) is 13.9 Å². The first-order valence-electron chi connectivity index (χ1n) is 13.2. The van der Waals surface area contributed by atoms with E-state index in [1.54, 1.807) is 18.2 Å². The minimum absolute atomic E-state index is 0.00772. The third kappa shape index (κ3) is 8.22. The zero-order chi connectivity index (χ0) is 29.3. The molecule has 0 heterocycles. The molecule has 3 aromatic carbocycles. The molecule has 0 fully saturated rings. The van der Waals surface area contributed by atoms with Crippen LogP contribution in [-0.4, -0.2) is 44.3 Å². The van der Waals surface area contributed by atoms with Crippen molar-refractivity contribution in [3.8, 4) is 0 Å². The van der Waals surface area contributed by atoms with Crippen LogP contribution in [0.3, 0.4) is 0 Å². The Kier molecular flexibility index (Phi) is 11.4. The molecule has 0 unspecified atom stereocenters. The summed E-state index contributed by atoms with van der Waals surface area (Å²) in [6.45, 7) is 5.89. The van der Waals surface area contributed by atoms with Crippen molar-refractivity contribution >= 4 is 50.7 Å². The van der Waals surface area contributed by atoms with Gasteiger partial charge in [-0.15, -0.1) is 0 Å². The van der Waals surface area contributed by atoms with Crippen LogP contribution in [0.4, 0.5) is 5.69 Å². The Morgan fingerprint density at radius 1 is 0.925 bits per heavy atom. The van der Waals surface area contributed by atoms with E-state index in [4.69, 9.17) is 23.2 Å². The van der Waals surface area contributed by atoms with Gasteiger partial charge >= 0.3 is 0 Å². The van der Waals surface area contributed by atoms with Crippen LogP contribution in [0.15, 0.2) is 77.7 Å². The zero-order valence-electron chi connectivity index (χ0n) is 22.9. The number of nitrogens with one attached hydrogen (secondary N) is 1. The van der Waals surface area contributed by atoms with E-state index in [1.165, 1.54) is 35.2 Å². The van der Waals surface area contributed by atoms with Crippen molar-refractivity contribution in [2.24, 2.45) is 0 Å². The number of halogens is 2. The molecule has 0 aromatic heterocycles. The Balaban J connectivity index is 2.05. The van der Waals surface area contributed by atoms with Gasteiger partial charge in [-0.05, 0) is 55.7 Å². The summed E-state index contributed by atoms with van der Waals surface area (Å²) in [5.41, 5.74) is 2.02. The highest BCUT2D eigenvalue weighted by Gasteiger charge is 2.33. The predicted octanol–water partition coefficient (Wildman–Crippen LogP) is 6.22. The van der Waals surface area contributed by atoms with Gasteiger partial charge in [0.2, 0.25) is 11.8 Å². The van der Waals surface area contributed by atoms with E-state index in [1.807, 2.05) is 45.0 Å². The summed E-state index contributed by atoms with van der Waals surface area (Å²) in [5, 5.41) is 3.37. The molecule has 3 rings (SSSR count). The van der Waals surface area contributed by atoms with Crippen LogP contribution >= 0.6 is 23.2 Å². The number of rotatable bonds is 13. The summed E-state index contributed by atoms with van der Waals surface area (Å²) < 4.78 is 28.7. The molecule has 1 atom stereocenters. The fraction of sp³-hybridized carbons (Fsp3) is 0.333. The van der Waals surface area contributed by atoms with Crippen LogP contribution < -0.4 is 9.62 Å². The van der Waals surface area contributed by atoms with Gasteiger partial charge in [-0.1, -0.05) is 91.5 Å². The summed E-state index contributed by atoms with van der Waals surface area (Å²) in [6, 6.07) is 19.1. The lowest BCUT2D eigenvalue weighted by molar-refractivity contribution is -0.140. The Morgan fingerprint density at radius 3 is 2.12 bits per heavy atom. The zero-order valence-corrected chi connectivity index (χ0v) is 25.3. The van der Waals surface area contributed by atoms with Crippen LogP contribution in [-0.2, 0) is 26.2 Å². The number of nitrogens with zero attached hydrogens (tertiary/aromatic N) is 2. The molecule has 10 heteroatoms. The van der Waals surface area contributed by atoms with Gasteiger partial charge in [0.25, 0.3) is 10.0 Å². The number of hydrogen-bond acceptors (Lipinski definition) is 4. The van der Waals surface area contributed by atoms with Gasteiger partial charge in [-0.25, -0.2) is 8.42 Å². The van der Waals surface area contributed by atoms with Crippen LogP contribution in [0.1, 0.15) is 44.2 Å². The molecule has 7 nitrogen and oxygen atoms in total. The average molecular weight is 605 g/mol. The number of amides is 2. The van der Waals surface area contributed by atoms with E-state index < -0.39 is 28.5 Å². The number of carbonyl (C=O) groups is 2. The molecule has 0 radical (unpaired) electrons. The molecule has 1 N–H and O–H groups in total. The van der Waals surface area contributed by atoms with E-state index in [-0.39, 0.29) is 33.1 Å². The molecule has 0 saturated carbocycles. The minimum Gasteiger partial charge on any atom is -0.354 e. The second kappa shape index (κ2) is 14.5. The third-order valence-electron chi connectivity index (χ3n) is 6.43. The molecule has 0 bridgehead atoms. The van der Waals surface area contributed by atoms with Crippen LogP contribution in [0.2, 0.25) is 10.0 Å². The standard InChI is InChI=1S/C30H35Cl2N3O4S/c1-4-6-16-33-30(37)28(5-2)34(20-23-14-12-22(3)13-15-23)29(36)21-35(26-18-24(31)17-25(32)19-26)40(38,39)27-10-8-7-9-11-27/h7-15,17-19,28H,4-6,16,20-21H2,1-3H3,(H,33,37)/t28-/m0/s1. The lowest BCUT2D eigenvalue weighted by atomic mass is 10.1. The Bertz CT molecular complexity index is 1380. The van der Waals surface area contributed by atoms with Crippen LogP contribution in [0, 0.1) is 6.92 Å². The van der Waals surface area contributed by atoms with E-state index in [0.717, 1.165) is 28.3 Å². The molecule has 0 aliphatic rings. The van der Waals surface area contributed by atoms with Crippen molar-refractivity contribution in [1.82, 2.24) is 10.2 Å².